The number of ether oxygens (including phenoxy) is 1. The number of piperazine rings is 1. The number of nitriles is 1. The molecule has 5 nitrogen and oxygen atoms in total. The minimum atomic E-state index is -0.315. The minimum absolute atomic E-state index is 0.100. The van der Waals surface area contributed by atoms with Gasteiger partial charge in [0.15, 0.2) is 0 Å². The van der Waals surface area contributed by atoms with Gasteiger partial charge >= 0.3 is 0 Å². The zero-order valence-corrected chi connectivity index (χ0v) is 13.3. The number of rotatable bonds is 5. The van der Waals surface area contributed by atoms with Crippen LogP contribution in [0.1, 0.15) is 24.5 Å². The molecule has 0 spiro atoms. The molecule has 0 bridgehead atoms. The Balaban J connectivity index is 1.84. The number of methoxy groups -OCH3 is 1. The summed E-state index contributed by atoms with van der Waals surface area (Å²) < 4.78 is 5.23. The number of amides is 1. The summed E-state index contributed by atoms with van der Waals surface area (Å²) in [5.41, 5.74) is 1.88. The Hall–Kier alpha value is -1.90. The van der Waals surface area contributed by atoms with E-state index in [1.807, 2.05) is 36.1 Å². The predicted molar refractivity (Wildman–Crippen MR) is 84.1 cm³/mol. The molecule has 22 heavy (non-hydrogen) atoms. The van der Waals surface area contributed by atoms with Gasteiger partial charge in [-0.2, -0.15) is 5.26 Å². The van der Waals surface area contributed by atoms with Crippen LogP contribution in [-0.2, 0) is 16.1 Å². The number of hydrogen-bond donors (Lipinski definition) is 0. The molecule has 1 aliphatic rings. The molecule has 0 aromatic heterocycles. The summed E-state index contributed by atoms with van der Waals surface area (Å²) in [6.07, 6.45) is 0.394. The Morgan fingerprint density at radius 3 is 2.41 bits per heavy atom. The van der Waals surface area contributed by atoms with Crippen LogP contribution in [-0.4, -0.2) is 55.1 Å². The van der Waals surface area contributed by atoms with Gasteiger partial charge in [0, 0.05) is 39.8 Å². The first-order valence-corrected chi connectivity index (χ1v) is 7.71. The van der Waals surface area contributed by atoms with Gasteiger partial charge in [0.1, 0.15) is 6.10 Å². The highest BCUT2D eigenvalue weighted by Crippen LogP contribution is 2.12. The fourth-order valence-corrected chi connectivity index (χ4v) is 2.71. The molecular weight excluding hydrogens is 278 g/mol. The van der Waals surface area contributed by atoms with Crippen LogP contribution in [0.3, 0.4) is 0 Å². The van der Waals surface area contributed by atoms with Gasteiger partial charge < -0.3 is 9.64 Å². The second kappa shape index (κ2) is 7.92. The summed E-state index contributed by atoms with van der Waals surface area (Å²) in [4.78, 5) is 16.5. The van der Waals surface area contributed by atoms with E-state index < -0.39 is 0 Å². The third kappa shape index (κ3) is 4.06. The van der Waals surface area contributed by atoms with Crippen molar-refractivity contribution in [3.8, 4) is 6.07 Å². The average molecular weight is 301 g/mol. The molecule has 1 aliphatic heterocycles. The van der Waals surface area contributed by atoms with Gasteiger partial charge in [-0.05, 0) is 24.1 Å². The van der Waals surface area contributed by atoms with Crippen molar-refractivity contribution in [1.82, 2.24) is 9.80 Å². The van der Waals surface area contributed by atoms with Crippen molar-refractivity contribution in [3.05, 3.63) is 35.4 Å². The van der Waals surface area contributed by atoms with E-state index in [0.29, 0.717) is 12.0 Å². The highest BCUT2D eigenvalue weighted by atomic mass is 16.5. The first-order valence-electron chi connectivity index (χ1n) is 7.71. The molecule has 0 aliphatic carbocycles. The Bertz CT molecular complexity index is 524. The second-order valence-electron chi connectivity index (χ2n) is 5.54. The summed E-state index contributed by atoms with van der Waals surface area (Å²) in [6.45, 7) is 6.05. The molecule has 1 amide bonds. The molecule has 1 aromatic carbocycles. The number of carbonyl (C=O) groups is 1. The summed E-state index contributed by atoms with van der Waals surface area (Å²) in [5.74, 6) is 0.100. The lowest BCUT2D eigenvalue weighted by Gasteiger charge is -2.36. The highest BCUT2D eigenvalue weighted by molar-refractivity contribution is 5.81. The molecule has 2 rings (SSSR count). The second-order valence-corrected chi connectivity index (χ2v) is 5.54. The van der Waals surface area contributed by atoms with E-state index in [2.05, 4.69) is 11.0 Å². The van der Waals surface area contributed by atoms with Crippen molar-refractivity contribution >= 4 is 5.91 Å². The normalized spacial score (nSPS) is 17.0. The Morgan fingerprint density at radius 2 is 1.91 bits per heavy atom. The van der Waals surface area contributed by atoms with E-state index in [1.54, 1.807) is 7.11 Å². The lowest BCUT2D eigenvalue weighted by molar-refractivity contribution is -0.144. The molecule has 5 heteroatoms. The maximum atomic E-state index is 12.2. The molecule has 0 radical (unpaired) electrons. The van der Waals surface area contributed by atoms with Crippen LogP contribution in [0.5, 0.6) is 0 Å². The van der Waals surface area contributed by atoms with Crippen molar-refractivity contribution in [2.75, 3.05) is 33.3 Å². The highest BCUT2D eigenvalue weighted by Gasteiger charge is 2.26. The van der Waals surface area contributed by atoms with E-state index in [4.69, 9.17) is 10.00 Å². The maximum absolute atomic E-state index is 12.2. The lowest BCUT2D eigenvalue weighted by Crippen LogP contribution is -2.51. The summed E-state index contributed by atoms with van der Waals surface area (Å²) in [5, 5.41) is 8.81. The third-order valence-electron chi connectivity index (χ3n) is 4.10. The van der Waals surface area contributed by atoms with Crippen LogP contribution >= 0.6 is 0 Å². The van der Waals surface area contributed by atoms with E-state index in [1.165, 1.54) is 5.56 Å². The molecule has 1 fully saturated rings. The fraction of sp³-hybridized carbons (Fsp3) is 0.529. The SMILES string of the molecule is CCC(OC)C(=O)N1CCN(Cc2ccc(C#N)cc2)CC1. The number of nitrogens with zero attached hydrogens (tertiary/aromatic N) is 3. The average Bonchev–Trinajstić information content (AvgIpc) is 2.57. The van der Waals surface area contributed by atoms with Gasteiger partial charge in [0.2, 0.25) is 0 Å². The van der Waals surface area contributed by atoms with Crippen molar-refractivity contribution in [2.45, 2.75) is 26.0 Å². The lowest BCUT2D eigenvalue weighted by atomic mass is 10.1. The predicted octanol–water partition coefficient (Wildman–Crippen LogP) is 1.63. The van der Waals surface area contributed by atoms with Gasteiger partial charge in [-0.1, -0.05) is 19.1 Å². The van der Waals surface area contributed by atoms with Crippen LogP contribution in [0.2, 0.25) is 0 Å². The monoisotopic (exact) mass is 301 g/mol. The number of hydrogen-bond acceptors (Lipinski definition) is 4. The zero-order valence-electron chi connectivity index (χ0n) is 13.3. The van der Waals surface area contributed by atoms with Crippen LogP contribution < -0.4 is 0 Å². The Labute approximate surface area is 132 Å². The summed E-state index contributed by atoms with van der Waals surface area (Å²) >= 11 is 0. The van der Waals surface area contributed by atoms with Crippen molar-refractivity contribution in [3.63, 3.8) is 0 Å². The Morgan fingerprint density at radius 1 is 1.27 bits per heavy atom. The molecule has 1 aromatic rings. The van der Waals surface area contributed by atoms with E-state index >= 15 is 0 Å². The first kappa shape index (κ1) is 16.5. The van der Waals surface area contributed by atoms with Gasteiger partial charge in [-0.15, -0.1) is 0 Å². The minimum Gasteiger partial charge on any atom is -0.372 e. The number of carbonyl (C=O) groups excluding carboxylic acids is 1. The standard InChI is InChI=1S/C17H23N3O2/c1-3-16(22-2)17(21)20-10-8-19(9-11-20)13-15-6-4-14(12-18)5-7-15/h4-7,16H,3,8-11,13H2,1-2H3. The quantitative estimate of drug-likeness (QED) is 0.829. The van der Waals surface area contributed by atoms with E-state index in [-0.39, 0.29) is 12.0 Å². The van der Waals surface area contributed by atoms with Gasteiger partial charge in [0.25, 0.3) is 5.91 Å². The van der Waals surface area contributed by atoms with Crippen LogP contribution in [0.4, 0.5) is 0 Å². The van der Waals surface area contributed by atoms with E-state index in [0.717, 1.165) is 32.7 Å². The molecule has 118 valence electrons. The molecule has 1 heterocycles. The summed E-state index contributed by atoms with van der Waals surface area (Å²) in [6, 6.07) is 9.81. The molecule has 1 saturated heterocycles. The smallest absolute Gasteiger partial charge is 0.251 e. The van der Waals surface area contributed by atoms with Crippen LogP contribution in [0, 0.1) is 11.3 Å². The van der Waals surface area contributed by atoms with Crippen LogP contribution in [0.25, 0.3) is 0 Å². The molecule has 0 N–H and O–H groups in total. The largest absolute Gasteiger partial charge is 0.372 e. The topological polar surface area (TPSA) is 56.6 Å². The van der Waals surface area contributed by atoms with Crippen LogP contribution in [0.15, 0.2) is 24.3 Å². The van der Waals surface area contributed by atoms with E-state index in [9.17, 15) is 4.79 Å². The molecule has 1 atom stereocenters. The first-order chi connectivity index (χ1) is 10.7. The van der Waals surface area contributed by atoms with Crippen molar-refractivity contribution < 1.29 is 9.53 Å². The molecular formula is C17H23N3O2. The number of benzene rings is 1. The van der Waals surface area contributed by atoms with Gasteiger partial charge in [-0.3, -0.25) is 9.69 Å². The Kier molecular flexibility index (Phi) is 5.93. The molecule has 0 saturated carbocycles. The van der Waals surface area contributed by atoms with Crippen molar-refractivity contribution in [2.24, 2.45) is 0 Å². The summed E-state index contributed by atoms with van der Waals surface area (Å²) in [7, 11) is 1.59. The van der Waals surface area contributed by atoms with Gasteiger partial charge in [0.05, 0.1) is 11.6 Å². The zero-order chi connectivity index (χ0) is 15.9. The third-order valence-corrected chi connectivity index (χ3v) is 4.10. The fourth-order valence-electron chi connectivity index (χ4n) is 2.71. The van der Waals surface area contributed by atoms with Gasteiger partial charge in [-0.25, -0.2) is 0 Å². The maximum Gasteiger partial charge on any atom is 0.251 e. The molecule has 1 unspecified atom stereocenters. The van der Waals surface area contributed by atoms with Crippen molar-refractivity contribution in [1.29, 1.82) is 5.26 Å².